The van der Waals surface area contributed by atoms with Gasteiger partial charge < -0.3 is 5.11 Å². The monoisotopic (exact) mass is 222 g/mol. The van der Waals surface area contributed by atoms with Crippen LogP contribution in [-0.4, -0.2) is 21.5 Å². The van der Waals surface area contributed by atoms with Crippen molar-refractivity contribution >= 4 is 11.3 Å². The topological polar surface area (TPSA) is 55.1 Å². The number of thiophene rings is 1. The smallest absolute Gasteiger partial charge is 0.266 e. The van der Waals surface area contributed by atoms with Gasteiger partial charge in [-0.05, 0) is 17.5 Å². The first-order chi connectivity index (χ1) is 7.31. The summed E-state index contributed by atoms with van der Waals surface area (Å²) in [5, 5.41) is 14.9. The Morgan fingerprint density at radius 2 is 2.27 bits per heavy atom. The molecule has 0 atom stereocenters. The van der Waals surface area contributed by atoms with Gasteiger partial charge in [-0.15, -0.1) is 11.3 Å². The van der Waals surface area contributed by atoms with E-state index in [2.05, 4.69) is 5.10 Å². The average Bonchev–Trinajstić information content (AvgIpc) is 2.75. The second-order valence-electron chi connectivity index (χ2n) is 2.98. The summed E-state index contributed by atoms with van der Waals surface area (Å²) < 4.78 is 1.27. The van der Waals surface area contributed by atoms with Crippen molar-refractivity contribution < 1.29 is 5.11 Å². The molecule has 0 aliphatic carbocycles. The summed E-state index contributed by atoms with van der Waals surface area (Å²) in [6.45, 7) is 0.152. The predicted octanol–water partition coefficient (Wildman–Crippen LogP) is 0.964. The van der Waals surface area contributed by atoms with Crippen LogP contribution in [0, 0.1) is 0 Å². The van der Waals surface area contributed by atoms with E-state index in [0.717, 1.165) is 10.6 Å². The molecule has 2 aromatic rings. The summed E-state index contributed by atoms with van der Waals surface area (Å²) in [5.41, 5.74) is 0.572. The van der Waals surface area contributed by atoms with Gasteiger partial charge in [-0.3, -0.25) is 4.79 Å². The molecule has 0 saturated heterocycles. The Kier molecular flexibility index (Phi) is 2.94. The van der Waals surface area contributed by atoms with Gasteiger partial charge in [-0.2, -0.15) is 5.10 Å². The summed E-state index contributed by atoms with van der Waals surface area (Å²) in [6, 6.07) is 7.05. The maximum Gasteiger partial charge on any atom is 0.266 e. The van der Waals surface area contributed by atoms with Crippen LogP contribution in [-0.2, 0) is 6.54 Å². The minimum Gasteiger partial charge on any atom is -0.394 e. The third-order valence-corrected chi connectivity index (χ3v) is 2.84. The Morgan fingerprint density at radius 3 is 2.93 bits per heavy atom. The Hall–Kier alpha value is -1.46. The second kappa shape index (κ2) is 4.37. The first-order valence-electron chi connectivity index (χ1n) is 4.54. The average molecular weight is 222 g/mol. The fourth-order valence-corrected chi connectivity index (χ4v) is 1.95. The molecule has 0 aromatic carbocycles. The summed E-state index contributed by atoms with van der Waals surface area (Å²) >= 11 is 1.57. The van der Waals surface area contributed by atoms with E-state index in [9.17, 15) is 4.79 Å². The maximum absolute atomic E-state index is 11.3. The third-order valence-electron chi connectivity index (χ3n) is 1.95. The van der Waals surface area contributed by atoms with Crippen LogP contribution in [0.1, 0.15) is 0 Å². The number of rotatable bonds is 3. The molecule has 78 valence electrons. The molecule has 0 radical (unpaired) electrons. The number of aromatic nitrogens is 2. The zero-order valence-corrected chi connectivity index (χ0v) is 8.78. The highest BCUT2D eigenvalue weighted by atomic mass is 32.1. The molecular formula is C10H10N2O2S. The zero-order valence-electron chi connectivity index (χ0n) is 7.96. The lowest BCUT2D eigenvalue weighted by molar-refractivity contribution is 0.266. The van der Waals surface area contributed by atoms with Crippen LogP contribution in [0.25, 0.3) is 10.6 Å². The molecule has 2 heterocycles. The fourth-order valence-electron chi connectivity index (χ4n) is 1.26. The number of aliphatic hydroxyl groups is 1. The summed E-state index contributed by atoms with van der Waals surface area (Å²) in [7, 11) is 0. The van der Waals surface area contributed by atoms with Crippen LogP contribution >= 0.6 is 11.3 Å². The molecule has 2 rings (SSSR count). The molecule has 0 aliphatic heterocycles. The first kappa shape index (κ1) is 10.1. The van der Waals surface area contributed by atoms with Gasteiger partial charge in [0.1, 0.15) is 5.69 Å². The zero-order chi connectivity index (χ0) is 10.7. The third kappa shape index (κ3) is 2.14. The van der Waals surface area contributed by atoms with E-state index in [1.54, 1.807) is 17.4 Å². The van der Waals surface area contributed by atoms with Gasteiger partial charge in [0.2, 0.25) is 0 Å². The number of nitrogens with zero attached hydrogens (tertiary/aromatic N) is 2. The van der Waals surface area contributed by atoms with Crippen LogP contribution < -0.4 is 5.56 Å². The van der Waals surface area contributed by atoms with Crippen molar-refractivity contribution in [3.63, 3.8) is 0 Å². The van der Waals surface area contributed by atoms with Crippen LogP contribution in [0.5, 0.6) is 0 Å². The van der Waals surface area contributed by atoms with E-state index in [4.69, 9.17) is 5.11 Å². The van der Waals surface area contributed by atoms with Gasteiger partial charge in [-0.25, -0.2) is 4.68 Å². The van der Waals surface area contributed by atoms with Crippen LogP contribution in [0.2, 0.25) is 0 Å². The van der Waals surface area contributed by atoms with Crippen molar-refractivity contribution in [2.24, 2.45) is 0 Å². The highest BCUT2D eigenvalue weighted by Gasteiger charge is 2.03. The maximum atomic E-state index is 11.3. The van der Waals surface area contributed by atoms with Crippen molar-refractivity contribution in [1.29, 1.82) is 0 Å². The standard InChI is InChI=1S/C10H10N2O2S/c13-6-5-12-10(14)4-3-8(11-12)9-2-1-7-15-9/h1-4,7,13H,5-6H2. The molecule has 0 aliphatic rings. The molecule has 2 aromatic heterocycles. The molecule has 1 N–H and O–H groups in total. The van der Waals surface area contributed by atoms with Crippen molar-refractivity contribution in [1.82, 2.24) is 9.78 Å². The van der Waals surface area contributed by atoms with Crippen molar-refractivity contribution in [3.05, 3.63) is 40.0 Å². The normalized spacial score (nSPS) is 10.5. The SMILES string of the molecule is O=c1ccc(-c2cccs2)nn1CCO. The Labute approximate surface area is 90.4 Å². The van der Waals surface area contributed by atoms with E-state index in [0.29, 0.717) is 0 Å². The van der Waals surface area contributed by atoms with Gasteiger partial charge >= 0.3 is 0 Å². The Morgan fingerprint density at radius 1 is 1.40 bits per heavy atom. The Bertz CT molecular complexity index is 490. The summed E-state index contributed by atoms with van der Waals surface area (Å²) in [4.78, 5) is 12.3. The highest BCUT2D eigenvalue weighted by molar-refractivity contribution is 7.13. The minimum atomic E-state index is -0.190. The van der Waals surface area contributed by atoms with Crippen LogP contribution in [0.4, 0.5) is 0 Å². The Balaban J connectivity index is 2.43. The fraction of sp³-hybridized carbons (Fsp3) is 0.200. The van der Waals surface area contributed by atoms with Crippen molar-refractivity contribution in [3.8, 4) is 10.6 Å². The summed E-state index contributed by atoms with van der Waals surface area (Å²) in [5.74, 6) is 0. The van der Waals surface area contributed by atoms with E-state index in [-0.39, 0.29) is 18.7 Å². The van der Waals surface area contributed by atoms with Crippen LogP contribution in [0.3, 0.4) is 0 Å². The van der Waals surface area contributed by atoms with Gasteiger partial charge in [0.05, 0.1) is 18.0 Å². The second-order valence-corrected chi connectivity index (χ2v) is 3.93. The number of hydrogen-bond donors (Lipinski definition) is 1. The molecule has 5 heteroatoms. The number of hydrogen-bond acceptors (Lipinski definition) is 4. The van der Waals surface area contributed by atoms with E-state index in [1.165, 1.54) is 10.7 Å². The largest absolute Gasteiger partial charge is 0.394 e. The molecule has 15 heavy (non-hydrogen) atoms. The van der Waals surface area contributed by atoms with Gasteiger partial charge in [-0.1, -0.05) is 6.07 Å². The summed E-state index contributed by atoms with van der Waals surface area (Å²) in [6.07, 6.45) is 0. The van der Waals surface area contributed by atoms with E-state index in [1.807, 2.05) is 17.5 Å². The van der Waals surface area contributed by atoms with Crippen molar-refractivity contribution in [2.45, 2.75) is 6.54 Å². The van der Waals surface area contributed by atoms with Gasteiger partial charge in [0, 0.05) is 6.07 Å². The van der Waals surface area contributed by atoms with E-state index < -0.39 is 0 Å². The molecule has 0 fully saturated rings. The van der Waals surface area contributed by atoms with Gasteiger partial charge in [0.25, 0.3) is 5.56 Å². The molecular weight excluding hydrogens is 212 g/mol. The van der Waals surface area contributed by atoms with Crippen molar-refractivity contribution in [2.75, 3.05) is 6.61 Å². The van der Waals surface area contributed by atoms with Gasteiger partial charge in [0.15, 0.2) is 0 Å². The molecule has 0 saturated carbocycles. The van der Waals surface area contributed by atoms with Crippen LogP contribution in [0.15, 0.2) is 34.4 Å². The lowest BCUT2D eigenvalue weighted by Crippen LogP contribution is -2.23. The molecule has 4 nitrogen and oxygen atoms in total. The first-order valence-corrected chi connectivity index (χ1v) is 5.42. The van der Waals surface area contributed by atoms with E-state index >= 15 is 0 Å². The number of aliphatic hydroxyl groups excluding tert-OH is 1. The quantitative estimate of drug-likeness (QED) is 0.841. The molecule has 0 amide bonds. The molecule has 0 bridgehead atoms. The minimum absolute atomic E-state index is 0.0825. The molecule has 0 spiro atoms. The lowest BCUT2D eigenvalue weighted by Gasteiger charge is -2.03. The predicted molar refractivity (Wildman–Crippen MR) is 58.9 cm³/mol. The lowest BCUT2D eigenvalue weighted by atomic mass is 10.3. The highest BCUT2D eigenvalue weighted by Crippen LogP contribution is 2.20. The molecule has 0 unspecified atom stereocenters.